The Morgan fingerprint density at radius 2 is 1.94 bits per heavy atom. The van der Waals surface area contributed by atoms with Crippen LogP contribution in [-0.2, 0) is 0 Å². The van der Waals surface area contributed by atoms with Crippen molar-refractivity contribution in [2.45, 2.75) is 6.92 Å². The first-order valence-electron chi connectivity index (χ1n) is 5.48. The van der Waals surface area contributed by atoms with Gasteiger partial charge in [0.25, 0.3) is 0 Å². The van der Waals surface area contributed by atoms with E-state index >= 15 is 0 Å². The lowest BCUT2D eigenvalue weighted by Gasteiger charge is -2.06. The zero-order chi connectivity index (χ0) is 13.1. The highest BCUT2D eigenvalue weighted by Gasteiger charge is 2.06. The first-order valence-corrected chi connectivity index (χ1v) is 5.85. The molecule has 2 nitrogen and oxygen atoms in total. The van der Waals surface area contributed by atoms with Crippen molar-refractivity contribution in [3.63, 3.8) is 0 Å². The van der Waals surface area contributed by atoms with Crippen molar-refractivity contribution in [3.8, 4) is 11.1 Å². The Labute approximate surface area is 110 Å². The van der Waals surface area contributed by atoms with E-state index in [0.717, 1.165) is 17.4 Å². The summed E-state index contributed by atoms with van der Waals surface area (Å²) in [5, 5.41) is 0.500. The van der Waals surface area contributed by atoms with Crippen LogP contribution >= 0.6 is 11.6 Å². The van der Waals surface area contributed by atoms with Crippen LogP contribution in [0.4, 0.5) is 0 Å². The van der Waals surface area contributed by atoms with Crippen LogP contribution in [-0.4, -0.2) is 12.1 Å². The quantitative estimate of drug-likeness (QED) is 0.615. The molecule has 2 rings (SSSR count). The van der Waals surface area contributed by atoms with Crippen molar-refractivity contribution in [1.82, 2.24) is 0 Å². The maximum absolute atomic E-state index is 11.3. The van der Waals surface area contributed by atoms with E-state index in [0.29, 0.717) is 16.1 Å². The van der Waals surface area contributed by atoms with Crippen molar-refractivity contribution in [2.75, 3.05) is 0 Å². The van der Waals surface area contributed by atoms with Crippen molar-refractivity contribution >= 4 is 23.7 Å². The number of carbonyl (C=O) groups is 2. The number of Topliss-reactive ketones (excluding diaryl/α,β-unsaturated/α-hetero) is 1. The third-order valence-corrected chi connectivity index (χ3v) is 3.02. The first-order chi connectivity index (χ1) is 8.61. The van der Waals surface area contributed by atoms with E-state index in [-0.39, 0.29) is 5.78 Å². The summed E-state index contributed by atoms with van der Waals surface area (Å²) in [6.07, 6.45) is 0.752. The summed E-state index contributed by atoms with van der Waals surface area (Å²) in [6.45, 7) is 1.52. The van der Waals surface area contributed by atoms with Gasteiger partial charge in [0.15, 0.2) is 5.78 Å². The van der Waals surface area contributed by atoms with Gasteiger partial charge in [-0.3, -0.25) is 9.59 Å². The van der Waals surface area contributed by atoms with E-state index in [1.54, 1.807) is 30.3 Å². The highest BCUT2D eigenvalue weighted by molar-refractivity contribution is 6.33. The second-order valence-electron chi connectivity index (χ2n) is 3.99. The third kappa shape index (κ3) is 2.49. The molecule has 0 bridgehead atoms. The van der Waals surface area contributed by atoms with Crippen LogP contribution in [0, 0.1) is 0 Å². The van der Waals surface area contributed by atoms with Crippen molar-refractivity contribution < 1.29 is 9.59 Å². The summed E-state index contributed by atoms with van der Waals surface area (Å²) in [6, 6.07) is 12.4. The van der Waals surface area contributed by atoms with E-state index in [2.05, 4.69) is 0 Å². The minimum atomic E-state index is 0.0116. The van der Waals surface area contributed by atoms with Gasteiger partial charge in [0.2, 0.25) is 0 Å². The highest BCUT2D eigenvalue weighted by Crippen LogP contribution is 2.29. The molecule has 18 heavy (non-hydrogen) atoms. The van der Waals surface area contributed by atoms with Gasteiger partial charge in [-0.05, 0) is 24.6 Å². The summed E-state index contributed by atoms with van der Waals surface area (Å²) in [4.78, 5) is 22.0. The molecule has 0 aromatic heterocycles. The molecule has 2 aromatic rings. The molecular formula is C15H11ClO2. The Kier molecular flexibility index (Phi) is 3.58. The number of aldehydes is 1. The number of benzene rings is 2. The molecule has 0 saturated heterocycles. The molecule has 3 heteroatoms. The van der Waals surface area contributed by atoms with Crippen LogP contribution in [0.3, 0.4) is 0 Å². The Morgan fingerprint density at radius 1 is 1.17 bits per heavy atom. The average Bonchev–Trinajstić information content (AvgIpc) is 2.38. The molecule has 0 heterocycles. The second kappa shape index (κ2) is 5.15. The minimum Gasteiger partial charge on any atom is -0.298 e. The number of halogens is 1. The van der Waals surface area contributed by atoms with Gasteiger partial charge in [-0.25, -0.2) is 0 Å². The molecule has 0 spiro atoms. The largest absolute Gasteiger partial charge is 0.298 e. The molecule has 0 N–H and O–H groups in total. The molecule has 0 atom stereocenters. The fraction of sp³-hybridized carbons (Fsp3) is 0.0667. The van der Waals surface area contributed by atoms with Crippen LogP contribution < -0.4 is 0 Å². The van der Waals surface area contributed by atoms with Crippen molar-refractivity contribution in [1.29, 1.82) is 0 Å². The van der Waals surface area contributed by atoms with Gasteiger partial charge in [-0.2, -0.15) is 0 Å². The van der Waals surface area contributed by atoms with Crippen LogP contribution in [0.25, 0.3) is 11.1 Å². The van der Waals surface area contributed by atoms with E-state index in [4.69, 9.17) is 11.6 Å². The standard InChI is InChI=1S/C15H11ClO2/c1-10(18)12-3-2-4-13(8-12)14-6-5-11(9-17)7-15(14)16/h2-9H,1H3. The number of rotatable bonds is 3. The van der Waals surface area contributed by atoms with Gasteiger partial charge < -0.3 is 0 Å². The van der Waals surface area contributed by atoms with E-state index in [9.17, 15) is 9.59 Å². The highest BCUT2D eigenvalue weighted by atomic mass is 35.5. The predicted molar refractivity (Wildman–Crippen MR) is 72.3 cm³/mol. The maximum Gasteiger partial charge on any atom is 0.159 e. The number of hydrogen-bond acceptors (Lipinski definition) is 2. The van der Waals surface area contributed by atoms with Crippen LogP contribution in [0.5, 0.6) is 0 Å². The predicted octanol–water partition coefficient (Wildman–Crippen LogP) is 4.02. The minimum absolute atomic E-state index is 0.0116. The molecular weight excluding hydrogens is 248 g/mol. The van der Waals surface area contributed by atoms with E-state index in [1.807, 2.05) is 12.1 Å². The molecule has 0 aliphatic carbocycles. The van der Waals surface area contributed by atoms with Crippen LogP contribution in [0.15, 0.2) is 42.5 Å². The summed E-state index contributed by atoms with van der Waals surface area (Å²) in [5.74, 6) is 0.0116. The van der Waals surface area contributed by atoms with Gasteiger partial charge in [0.05, 0.1) is 0 Å². The smallest absolute Gasteiger partial charge is 0.159 e. The SMILES string of the molecule is CC(=O)c1cccc(-c2ccc(C=O)cc2Cl)c1. The van der Waals surface area contributed by atoms with Crippen molar-refractivity contribution in [3.05, 3.63) is 58.6 Å². The zero-order valence-electron chi connectivity index (χ0n) is 9.81. The molecule has 0 aliphatic rings. The Hall–Kier alpha value is -1.93. The molecule has 90 valence electrons. The zero-order valence-corrected chi connectivity index (χ0v) is 10.6. The number of hydrogen-bond donors (Lipinski definition) is 0. The Morgan fingerprint density at radius 3 is 2.56 bits per heavy atom. The molecule has 0 aliphatic heterocycles. The van der Waals surface area contributed by atoms with E-state index < -0.39 is 0 Å². The van der Waals surface area contributed by atoms with E-state index in [1.165, 1.54) is 6.92 Å². The lowest BCUT2D eigenvalue weighted by atomic mass is 10.0. The van der Waals surface area contributed by atoms with Gasteiger partial charge in [0, 0.05) is 21.7 Å². The molecule has 0 unspecified atom stereocenters. The summed E-state index contributed by atoms with van der Waals surface area (Å²) >= 11 is 6.13. The monoisotopic (exact) mass is 258 g/mol. The number of carbonyl (C=O) groups excluding carboxylic acids is 2. The maximum atomic E-state index is 11.3. The molecule has 2 aromatic carbocycles. The summed E-state index contributed by atoms with van der Waals surface area (Å²) < 4.78 is 0. The third-order valence-electron chi connectivity index (χ3n) is 2.71. The first kappa shape index (κ1) is 12.5. The molecule has 0 saturated carbocycles. The lowest BCUT2D eigenvalue weighted by molar-refractivity contribution is 0.101. The fourth-order valence-electron chi connectivity index (χ4n) is 1.74. The molecule has 0 radical (unpaired) electrons. The van der Waals surface area contributed by atoms with Crippen LogP contribution in [0.1, 0.15) is 27.6 Å². The Balaban J connectivity index is 2.51. The second-order valence-corrected chi connectivity index (χ2v) is 4.40. The molecule has 0 fully saturated rings. The lowest BCUT2D eigenvalue weighted by Crippen LogP contribution is -1.92. The van der Waals surface area contributed by atoms with Gasteiger partial charge in [-0.1, -0.05) is 41.9 Å². The fourth-order valence-corrected chi connectivity index (χ4v) is 2.04. The van der Waals surface area contributed by atoms with Gasteiger partial charge in [0.1, 0.15) is 6.29 Å². The molecule has 0 amide bonds. The average molecular weight is 259 g/mol. The van der Waals surface area contributed by atoms with Crippen LogP contribution in [0.2, 0.25) is 5.02 Å². The van der Waals surface area contributed by atoms with Crippen molar-refractivity contribution in [2.24, 2.45) is 0 Å². The number of ketones is 1. The Bertz CT molecular complexity index is 618. The normalized spacial score (nSPS) is 10.1. The van der Waals surface area contributed by atoms with Gasteiger partial charge in [-0.15, -0.1) is 0 Å². The summed E-state index contributed by atoms with van der Waals surface area (Å²) in [5.41, 5.74) is 2.85. The van der Waals surface area contributed by atoms with Gasteiger partial charge >= 0.3 is 0 Å². The summed E-state index contributed by atoms with van der Waals surface area (Å²) in [7, 11) is 0. The topological polar surface area (TPSA) is 34.1 Å².